The van der Waals surface area contributed by atoms with E-state index in [1.807, 2.05) is 31.2 Å². The lowest BCUT2D eigenvalue weighted by molar-refractivity contribution is -0.117. The van der Waals surface area contributed by atoms with Gasteiger partial charge in [-0.05, 0) is 23.6 Å². The van der Waals surface area contributed by atoms with E-state index in [0.717, 1.165) is 12.2 Å². The third-order valence-electron chi connectivity index (χ3n) is 2.94. The van der Waals surface area contributed by atoms with Gasteiger partial charge in [0.15, 0.2) is 0 Å². The van der Waals surface area contributed by atoms with Crippen molar-refractivity contribution in [3.8, 4) is 0 Å². The molecule has 0 bridgehead atoms. The van der Waals surface area contributed by atoms with E-state index in [0.29, 0.717) is 19.1 Å². The Bertz CT molecular complexity index is 401. The van der Waals surface area contributed by atoms with Crippen LogP contribution in [-0.4, -0.2) is 25.7 Å². The Morgan fingerprint density at radius 1 is 1.20 bits per heavy atom. The first-order chi connectivity index (χ1) is 9.51. The van der Waals surface area contributed by atoms with E-state index in [2.05, 4.69) is 24.5 Å². The maximum atomic E-state index is 11.8. The number of ether oxygens (including phenoxy) is 1. The third-order valence-corrected chi connectivity index (χ3v) is 2.94. The molecule has 1 unspecified atom stereocenters. The van der Waals surface area contributed by atoms with Crippen molar-refractivity contribution in [3.63, 3.8) is 0 Å². The van der Waals surface area contributed by atoms with Crippen LogP contribution in [0.4, 0.5) is 5.69 Å². The van der Waals surface area contributed by atoms with E-state index in [4.69, 9.17) is 4.74 Å². The maximum Gasteiger partial charge on any atom is 0.224 e. The Kier molecular flexibility index (Phi) is 7.26. The first-order valence-corrected chi connectivity index (χ1v) is 7.12. The number of carbonyl (C=O) groups is 1. The molecule has 1 rings (SSSR count). The SMILES string of the molecule is COCC(C)CC(=O)Nc1ccc(CNC(C)C)cc1. The smallest absolute Gasteiger partial charge is 0.224 e. The predicted molar refractivity (Wildman–Crippen MR) is 82.7 cm³/mol. The van der Waals surface area contributed by atoms with Crippen LogP contribution < -0.4 is 10.6 Å². The van der Waals surface area contributed by atoms with E-state index in [-0.39, 0.29) is 11.8 Å². The molecule has 4 nitrogen and oxygen atoms in total. The number of hydrogen-bond donors (Lipinski definition) is 2. The van der Waals surface area contributed by atoms with Crippen molar-refractivity contribution in [2.45, 2.75) is 39.8 Å². The van der Waals surface area contributed by atoms with Crippen LogP contribution in [0.1, 0.15) is 32.8 Å². The molecule has 1 aromatic carbocycles. The summed E-state index contributed by atoms with van der Waals surface area (Å²) in [6.45, 7) is 7.69. The standard InChI is InChI=1S/C16H26N2O2/c1-12(2)17-10-14-5-7-15(8-6-14)18-16(19)9-13(3)11-20-4/h5-8,12-13,17H,9-11H2,1-4H3,(H,18,19). The second-order valence-corrected chi connectivity index (χ2v) is 5.55. The van der Waals surface area contributed by atoms with Gasteiger partial charge in [-0.15, -0.1) is 0 Å². The minimum Gasteiger partial charge on any atom is -0.384 e. The van der Waals surface area contributed by atoms with E-state index in [9.17, 15) is 4.79 Å². The summed E-state index contributed by atoms with van der Waals surface area (Å²) >= 11 is 0. The number of methoxy groups -OCH3 is 1. The predicted octanol–water partition coefficient (Wildman–Crippen LogP) is 2.80. The normalized spacial score (nSPS) is 12.4. The number of benzene rings is 1. The first-order valence-electron chi connectivity index (χ1n) is 7.12. The molecular weight excluding hydrogens is 252 g/mol. The average Bonchev–Trinajstić information content (AvgIpc) is 2.37. The highest BCUT2D eigenvalue weighted by molar-refractivity contribution is 5.90. The van der Waals surface area contributed by atoms with E-state index in [1.165, 1.54) is 5.56 Å². The lowest BCUT2D eigenvalue weighted by Crippen LogP contribution is -2.21. The summed E-state index contributed by atoms with van der Waals surface area (Å²) in [6.07, 6.45) is 0.477. The van der Waals surface area contributed by atoms with E-state index >= 15 is 0 Å². The van der Waals surface area contributed by atoms with Gasteiger partial charge < -0.3 is 15.4 Å². The molecule has 4 heteroatoms. The molecule has 0 saturated heterocycles. The second kappa shape index (κ2) is 8.72. The maximum absolute atomic E-state index is 11.8. The van der Waals surface area contributed by atoms with Crippen LogP contribution >= 0.6 is 0 Å². The molecule has 0 aliphatic rings. The van der Waals surface area contributed by atoms with Crippen molar-refractivity contribution in [2.24, 2.45) is 5.92 Å². The molecule has 0 aliphatic heterocycles. The van der Waals surface area contributed by atoms with Crippen molar-refractivity contribution in [2.75, 3.05) is 19.0 Å². The molecule has 0 saturated carbocycles. The first kappa shape index (κ1) is 16.7. The lowest BCUT2D eigenvalue weighted by atomic mass is 10.1. The summed E-state index contributed by atoms with van der Waals surface area (Å²) in [6, 6.07) is 8.41. The largest absolute Gasteiger partial charge is 0.384 e. The highest BCUT2D eigenvalue weighted by Gasteiger charge is 2.09. The average molecular weight is 278 g/mol. The van der Waals surface area contributed by atoms with Crippen LogP contribution in [0, 0.1) is 5.92 Å². The Morgan fingerprint density at radius 3 is 2.40 bits per heavy atom. The van der Waals surface area contributed by atoms with Gasteiger partial charge in [0.2, 0.25) is 5.91 Å². The van der Waals surface area contributed by atoms with Crippen molar-refractivity contribution in [1.82, 2.24) is 5.32 Å². The molecule has 112 valence electrons. The number of anilines is 1. The lowest BCUT2D eigenvalue weighted by Gasteiger charge is -2.11. The van der Waals surface area contributed by atoms with Gasteiger partial charge in [0.05, 0.1) is 0 Å². The van der Waals surface area contributed by atoms with Crippen molar-refractivity contribution < 1.29 is 9.53 Å². The van der Waals surface area contributed by atoms with Gasteiger partial charge in [0.1, 0.15) is 0 Å². The van der Waals surface area contributed by atoms with Gasteiger partial charge in [-0.2, -0.15) is 0 Å². The minimum atomic E-state index is 0.0302. The zero-order valence-corrected chi connectivity index (χ0v) is 12.9. The Hall–Kier alpha value is -1.39. The minimum absolute atomic E-state index is 0.0302. The number of carbonyl (C=O) groups excluding carboxylic acids is 1. The summed E-state index contributed by atoms with van der Waals surface area (Å²) in [7, 11) is 1.65. The van der Waals surface area contributed by atoms with Crippen LogP contribution in [0.5, 0.6) is 0 Å². The number of amides is 1. The zero-order chi connectivity index (χ0) is 15.0. The van der Waals surface area contributed by atoms with Crippen LogP contribution in [0.2, 0.25) is 0 Å². The zero-order valence-electron chi connectivity index (χ0n) is 12.9. The fraction of sp³-hybridized carbons (Fsp3) is 0.562. The van der Waals surface area contributed by atoms with Crippen LogP contribution in [-0.2, 0) is 16.1 Å². The van der Waals surface area contributed by atoms with Gasteiger partial charge in [0.25, 0.3) is 0 Å². The molecule has 0 heterocycles. The number of hydrogen-bond acceptors (Lipinski definition) is 3. The summed E-state index contributed by atoms with van der Waals surface area (Å²) in [5.41, 5.74) is 2.05. The van der Waals surface area contributed by atoms with Crippen molar-refractivity contribution >= 4 is 11.6 Å². The molecule has 1 amide bonds. The third kappa shape index (κ3) is 6.68. The molecule has 2 N–H and O–H groups in total. The molecule has 0 fully saturated rings. The van der Waals surface area contributed by atoms with Crippen molar-refractivity contribution in [3.05, 3.63) is 29.8 Å². The summed E-state index contributed by atoms with van der Waals surface area (Å²) in [4.78, 5) is 11.8. The monoisotopic (exact) mass is 278 g/mol. The molecule has 0 spiro atoms. The number of nitrogens with one attached hydrogen (secondary N) is 2. The Morgan fingerprint density at radius 2 is 1.85 bits per heavy atom. The van der Waals surface area contributed by atoms with Gasteiger partial charge in [-0.1, -0.05) is 32.9 Å². The quantitative estimate of drug-likeness (QED) is 0.769. The highest BCUT2D eigenvalue weighted by Crippen LogP contribution is 2.11. The van der Waals surface area contributed by atoms with Crippen LogP contribution in [0.3, 0.4) is 0 Å². The highest BCUT2D eigenvalue weighted by atomic mass is 16.5. The summed E-state index contributed by atoms with van der Waals surface area (Å²) in [5.74, 6) is 0.261. The van der Waals surface area contributed by atoms with E-state index in [1.54, 1.807) is 7.11 Å². The molecule has 20 heavy (non-hydrogen) atoms. The summed E-state index contributed by atoms with van der Waals surface area (Å²) < 4.78 is 5.03. The van der Waals surface area contributed by atoms with Crippen molar-refractivity contribution in [1.29, 1.82) is 0 Å². The topological polar surface area (TPSA) is 50.4 Å². The summed E-state index contributed by atoms with van der Waals surface area (Å²) in [5, 5.41) is 6.27. The van der Waals surface area contributed by atoms with Gasteiger partial charge >= 0.3 is 0 Å². The fourth-order valence-corrected chi connectivity index (χ4v) is 1.90. The second-order valence-electron chi connectivity index (χ2n) is 5.55. The van der Waals surface area contributed by atoms with Crippen LogP contribution in [0.15, 0.2) is 24.3 Å². The molecule has 0 aliphatic carbocycles. The van der Waals surface area contributed by atoms with Gasteiger partial charge in [-0.3, -0.25) is 4.79 Å². The van der Waals surface area contributed by atoms with Gasteiger partial charge in [0, 0.05) is 38.4 Å². The van der Waals surface area contributed by atoms with E-state index < -0.39 is 0 Å². The van der Waals surface area contributed by atoms with Crippen LogP contribution in [0.25, 0.3) is 0 Å². The Balaban J connectivity index is 2.42. The molecule has 0 radical (unpaired) electrons. The molecule has 1 aromatic rings. The molecular formula is C16H26N2O2. The molecule has 1 atom stereocenters. The fourth-order valence-electron chi connectivity index (χ4n) is 1.90. The number of rotatable bonds is 8. The molecule has 0 aromatic heterocycles. The Labute approximate surface area is 121 Å². The van der Waals surface area contributed by atoms with Gasteiger partial charge in [-0.25, -0.2) is 0 Å².